The summed E-state index contributed by atoms with van der Waals surface area (Å²) in [7, 11) is -3.32. The average molecular weight is 345 g/mol. The normalized spacial score (nSPS) is 16.8. The molecule has 2 heterocycles. The SMILES string of the molecule is CC1Cc2cc(C(=O)NCc3cccnc3)ccc2N1S(C)(=O)=O. The maximum Gasteiger partial charge on any atom is 0.251 e. The molecule has 0 fully saturated rings. The quantitative estimate of drug-likeness (QED) is 0.915. The molecule has 126 valence electrons. The fourth-order valence-electron chi connectivity index (χ4n) is 3.04. The molecule has 1 amide bonds. The van der Waals surface area contributed by atoms with Crippen LogP contribution in [-0.4, -0.2) is 31.6 Å². The summed E-state index contributed by atoms with van der Waals surface area (Å²) in [5.41, 5.74) is 2.99. The highest BCUT2D eigenvalue weighted by Crippen LogP contribution is 2.34. The van der Waals surface area contributed by atoms with Gasteiger partial charge in [-0.2, -0.15) is 0 Å². The van der Waals surface area contributed by atoms with Gasteiger partial charge in [-0.1, -0.05) is 6.07 Å². The number of hydrogen-bond donors (Lipinski definition) is 1. The topological polar surface area (TPSA) is 79.4 Å². The lowest BCUT2D eigenvalue weighted by Crippen LogP contribution is -2.34. The Bertz CT molecular complexity index is 866. The van der Waals surface area contributed by atoms with Crippen molar-refractivity contribution in [1.29, 1.82) is 0 Å². The highest BCUT2D eigenvalue weighted by atomic mass is 32.2. The molecule has 0 saturated heterocycles. The molecular formula is C17H19N3O3S. The number of aromatic nitrogens is 1. The van der Waals surface area contributed by atoms with Crippen LogP contribution in [-0.2, 0) is 23.0 Å². The Morgan fingerprint density at radius 2 is 2.17 bits per heavy atom. The molecule has 1 atom stereocenters. The number of nitrogens with one attached hydrogen (secondary N) is 1. The summed E-state index contributed by atoms with van der Waals surface area (Å²) in [6.45, 7) is 2.26. The zero-order valence-corrected chi connectivity index (χ0v) is 14.4. The number of benzene rings is 1. The lowest BCUT2D eigenvalue weighted by atomic mass is 10.1. The van der Waals surface area contributed by atoms with Gasteiger partial charge in [0.2, 0.25) is 10.0 Å². The molecule has 1 aromatic carbocycles. The summed E-state index contributed by atoms with van der Waals surface area (Å²) in [5, 5.41) is 2.85. The number of pyridine rings is 1. The molecule has 1 aromatic heterocycles. The van der Waals surface area contributed by atoms with E-state index in [0.717, 1.165) is 11.1 Å². The number of amides is 1. The van der Waals surface area contributed by atoms with Crippen molar-refractivity contribution < 1.29 is 13.2 Å². The van der Waals surface area contributed by atoms with Crippen molar-refractivity contribution in [1.82, 2.24) is 10.3 Å². The van der Waals surface area contributed by atoms with Gasteiger partial charge in [-0.05, 0) is 48.7 Å². The fourth-order valence-corrected chi connectivity index (χ4v) is 4.30. The van der Waals surface area contributed by atoms with Crippen LogP contribution < -0.4 is 9.62 Å². The predicted molar refractivity (Wildman–Crippen MR) is 92.3 cm³/mol. The summed E-state index contributed by atoms with van der Waals surface area (Å²) in [5.74, 6) is -0.188. The van der Waals surface area contributed by atoms with Gasteiger partial charge in [-0.25, -0.2) is 8.42 Å². The molecular weight excluding hydrogens is 326 g/mol. The van der Waals surface area contributed by atoms with Gasteiger partial charge in [0, 0.05) is 30.5 Å². The van der Waals surface area contributed by atoms with Crippen LogP contribution in [0.2, 0.25) is 0 Å². The first-order valence-corrected chi connectivity index (χ1v) is 9.50. The van der Waals surface area contributed by atoms with Crippen molar-refractivity contribution >= 4 is 21.6 Å². The van der Waals surface area contributed by atoms with Gasteiger partial charge in [0.15, 0.2) is 0 Å². The fraction of sp³-hybridized carbons (Fsp3) is 0.294. The number of carbonyl (C=O) groups excluding carboxylic acids is 1. The van der Waals surface area contributed by atoms with Crippen LogP contribution in [0.25, 0.3) is 0 Å². The van der Waals surface area contributed by atoms with Gasteiger partial charge in [-0.3, -0.25) is 14.1 Å². The molecule has 2 aromatic rings. The van der Waals surface area contributed by atoms with E-state index in [1.54, 1.807) is 30.6 Å². The van der Waals surface area contributed by atoms with E-state index in [2.05, 4.69) is 10.3 Å². The van der Waals surface area contributed by atoms with Gasteiger partial charge in [0.1, 0.15) is 0 Å². The lowest BCUT2D eigenvalue weighted by Gasteiger charge is -2.21. The monoisotopic (exact) mass is 345 g/mol. The standard InChI is InChI=1S/C17H19N3O3S/c1-12-8-15-9-14(5-6-16(15)20(12)24(2,22)23)17(21)19-11-13-4-3-7-18-10-13/h3-7,9-10,12H,8,11H2,1-2H3,(H,19,21). The van der Waals surface area contributed by atoms with E-state index in [1.807, 2.05) is 19.1 Å². The second-order valence-corrected chi connectivity index (χ2v) is 7.86. The van der Waals surface area contributed by atoms with Crippen molar-refractivity contribution in [2.75, 3.05) is 10.6 Å². The van der Waals surface area contributed by atoms with E-state index in [9.17, 15) is 13.2 Å². The number of sulfonamides is 1. The van der Waals surface area contributed by atoms with Gasteiger partial charge in [0.25, 0.3) is 5.91 Å². The van der Waals surface area contributed by atoms with Crippen LogP contribution >= 0.6 is 0 Å². The third kappa shape index (κ3) is 3.26. The van der Waals surface area contributed by atoms with Crippen molar-refractivity contribution in [2.24, 2.45) is 0 Å². The molecule has 0 spiro atoms. The summed E-state index contributed by atoms with van der Waals surface area (Å²) in [4.78, 5) is 16.3. The molecule has 7 heteroatoms. The number of rotatable bonds is 4. The molecule has 1 unspecified atom stereocenters. The van der Waals surface area contributed by atoms with Gasteiger partial charge < -0.3 is 5.32 Å². The highest BCUT2D eigenvalue weighted by molar-refractivity contribution is 7.92. The Labute approximate surface area is 141 Å². The van der Waals surface area contributed by atoms with Crippen molar-refractivity contribution in [3.63, 3.8) is 0 Å². The van der Waals surface area contributed by atoms with Gasteiger partial charge >= 0.3 is 0 Å². The third-order valence-electron chi connectivity index (χ3n) is 4.03. The Hall–Kier alpha value is -2.41. The molecule has 3 rings (SSSR count). The van der Waals surface area contributed by atoms with E-state index in [0.29, 0.717) is 24.2 Å². The van der Waals surface area contributed by atoms with Crippen molar-refractivity contribution in [2.45, 2.75) is 25.9 Å². The molecule has 0 aliphatic carbocycles. The van der Waals surface area contributed by atoms with E-state index >= 15 is 0 Å². The second-order valence-electron chi connectivity index (χ2n) is 6.00. The molecule has 0 radical (unpaired) electrons. The Morgan fingerprint density at radius 3 is 2.83 bits per heavy atom. The minimum absolute atomic E-state index is 0.135. The number of anilines is 1. The number of nitrogens with zero attached hydrogens (tertiary/aromatic N) is 2. The Morgan fingerprint density at radius 1 is 1.38 bits per heavy atom. The Balaban J connectivity index is 1.77. The summed E-state index contributed by atoms with van der Waals surface area (Å²) in [6.07, 6.45) is 5.19. The molecule has 0 saturated carbocycles. The zero-order valence-electron chi connectivity index (χ0n) is 13.6. The van der Waals surface area contributed by atoms with Crippen LogP contribution in [0.4, 0.5) is 5.69 Å². The van der Waals surface area contributed by atoms with Gasteiger partial charge in [-0.15, -0.1) is 0 Å². The number of carbonyl (C=O) groups is 1. The van der Waals surface area contributed by atoms with E-state index in [-0.39, 0.29) is 11.9 Å². The summed E-state index contributed by atoms with van der Waals surface area (Å²) in [6, 6.07) is 8.71. The predicted octanol–water partition coefficient (Wildman–Crippen LogP) is 1.72. The number of fused-ring (bicyclic) bond motifs is 1. The maximum absolute atomic E-state index is 12.3. The Kier molecular flexibility index (Phi) is 4.28. The second kappa shape index (κ2) is 6.24. The molecule has 24 heavy (non-hydrogen) atoms. The van der Waals surface area contributed by atoms with Crippen LogP contribution in [0.1, 0.15) is 28.4 Å². The smallest absolute Gasteiger partial charge is 0.251 e. The maximum atomic E-state index is 12.3. The van der Waals surface area contributed by atoms with Gasteiger partial charge in [0.05, 0.1) is 11.9 Å². The van der Waals surface area contributed by atoms with Crippen molar-refractivity contribution in [3.8, 4) is 0 Å². The van der Waals surface area contributed by atoms with Crippen LogP contribution in [0.3, 0.4) is 0 Å². The molecule has 1 aliphatic rings. The summed E-state index contributed by atoms with van der Waals surface area (Å²) >= 11 is 0. The third-order valence-corrected chi connectivity index (χ3v) is 5.30. The van der Waals surface area contributed by atoms with E-state index in [1.165, 1.54) is 10.6 Å². The largest absolute Gasteiger partial charge is 0.348 e. The average Bonchev–Trinajstić information content (AvgIpc) is 2.88. The number of hydrogen-bond acceptors (Lipinski definition) is 4. The van der Waals surface area contributed by atoms with E-state index in [4.69, 9.17) is 0 Å². The molecule has 0 bridgehead atoms. The minimum atomic E-state index is -3.32. The first-order chi connectivity index (χ1) is 11.4. The first-order valence-electron chi connectivity index (χ1n) is 7.65. The van der Waals surface area contributed by atoms with Crippen molar-refractivity contribution in [3.05, 3.63) is 59.4 Å². The first kappa shape index (κ1) is 16.4. The summed E-state index contributed by atoms with van der Waals surface area (Å²) < 4.78 is 25.3. The van der Waals surface area contributed by atoms with Crippen LogP contribution in [0.15, 0.2) is 42.7 Å². The minimum Gasteiger partial charge on any atom is -0.348 e. The highest BCUT2D eigenvalue weighted by Gasteiger charge is 2.32. The molecule has 6 nitrogen and oxygen atoms in total. The zero-order chi connectivity index (χ0) is 17.3. The van der Waals surface area contributed by atoms with E-state index < -0.39 is 10.0 Å². The molecule has 1 aliphatic heterocycles. The van der Waals surface area contributed by atoms with Crippen LogP contribution in [0, 0.1) is 0 Å². The molecule has 1 N–H and O–H groups in total. The lowest BCUT2D eigenvalue weighted by molar-refractivity contribution is 0.0951. The van der Waals surface area contributed by atoms with Crippen LogP contribution in [0.5, 0.6) is 0 Å².